The normalized spacial score (nSPS) is 14.1. The van der Waals surface area contributed by atoms with Crippen molar-refractivity contribution in [1.82, 2.24) is 0 Å². The summed E-state index contributed by atoms with van der Waals surface area (Å²) in [6, 6.07) is 40.7. The molecule has 0 radical (unpaired) electrons. The van der Waals surface area contributed by atoms with Crippen LogP contribution in [-0.4, -0.2) is 0 Å². The third kappa shape index (κ3) is 6.59. The van der Waals surface area contributed by atoms with Gasteiger partial charge in [-0.2, -0.15) is 0 Å². The summed E-state index contributed by atoms with van der Waals surface area (Å²) < 4.78 is 4.82. The minimum atomic E-state index is -1.70. The van der Waals surface area contributed by atoms with Crippen molar-refractivity contribution in [2.75, 3.05) is 0 Å². The Morgan fingerprint density at radius 2 is 0.914 bits per heavy atom. The maximum atomic E-state index is 2.57. The van der Waals surface area contributed by atoms with Gasteiger partial charge in [-0.05, 0) is 0 Å². The van der Waals surface area contributed by atoms with E-state index in [9.17, 15) is 0 Å². The summed E-state index contributed by atoms with van der Waals surface area (Å²) in [4.78, 5) is 0. The second-order valence-corrected chi connectivity index (χ2v) is 14.7. The molecule has 1 heteroatoms. The van der Waals surface area contributed by atoms with E-state index in [0.717, 1.165) is 25.7 Å². The van der Waals surface area contributed by atoms with Crippen molar-refractivity contribution in [2.45, 2.75) is 38.5 Å². The molecule has 0 atom stereocenters. The van der Waals surface area contributed by atoms with Crippen LogP contribution in [0.1, 0.15) is 47.9 Å². The van der Waals surface area contributed by atoms with Crippen molar-refractivity contribution >= 4 is 7.91 Å². The molecule has 0 amide bonds. The van der Waals surface area contributed by atoms with Crippen LogP contribution < -0.4 is 7.91 Å². The molecular weight excluding hydrogens is 603 g/mol. The first-order valence-electron chi connectivity index (χ1n) is 12.6. The number of rotatable bonds is 7. The van der Waals surface area contributed by atoms with Gasteiger partial charge in [-0.1, -0.05) is 0 Å². The molecule has 0 heterocycles. The zero-order chi connectivity index (χ0) is 23.7. The second kappa shape index (κ2) is 12.1. The van der Waals surface area contributed by atoms with Crippen LogP contribution in [0.5, 0.6) is 0 Å². The SMILES string of the molecule is C1=CCC[C]([Pt]([c]2ccc(Cc3ccccc3)cc2)[c]2ccc(Cc3ccccc3)cc2)=CCC1. The fourth-order valence-electron chi connectivity index (χ4n) is 4.42. The van der Waals surface area contributed by atoms with Crippen molar-refractivity contribution in [3.8, 4) is 0 Å². The van der Waals surface area contributed by atoms with Crippen LogP contribution in [-0.2, 0) is 30.2 Å². The van der Waals surface area contributed by atoms with Gasteiger partial charge in [-0.25, -0.2) is 0 Å². The number of benzene rings is 4. The van der Waals surface area contributed by atoms with Crippen LogP contribution in [0.15, 0.2) is 131 Å². The first-order chi connectivity index (χ1) is 17.3. The summed E-state index contributed by atoms with van der Waals surface area (Å²) in [5.74, 6) is 0. The average molecular weight is 637 g/mol. The first kappa shape index (κ1) is 23.8. The second-order valence-electron chi connectivity index (χ2n) is 8.94. The van der Waals surface area contributed by atoms with Crippen LogP contribution in [0.3, 0.4) is 0 Å². The zero-order valence-corrected chi connectivity index (χ0v) is 22.5. The number of hydrogen-bond donors (Lipinski definition) is 0. The van der Waals surface area contributed by atoms with Gasteiger partial charge in [0.1, 0.15) is 0 Å². The predicted molar refractivity (Wildman–Crippen MR) is 146 cm³/mol. The van der Waals surface area contributed by atoms with Gasteiger partial charge in [0.25, 0.3) is 0 Å². The van der Waals surface area contributed by atoms with Gasteiger partial charge in [-0.15, -0.1) is 0 Å². The average Bonchev–Trinajstić information content (AvgIpc) is 2.88. The van der Waals surface area contributed by atoms with E-state index in [1.807, 2.05) is 0 Å². The fraction of sp³-hybridized carbons (Fsp3) is 0.176. The van der Waals surface area contributed by atoms with Crippen LogP contribution >= 0.6 is 0 Å². The van der Waals surface area contributed by atoms with Crippen molar-refractivity contribution < 1.29 is 17.3 Å². The molecular formula is C34H33Pt. The van der Waals surface area contributed by atoms with Gasteiger partial charge in [0.15, 0.2) is 0 Å². The van der Waals surface area contributed by atoms with E-state index in [2.05, 4.69) is 127 Å². The summed E-state index contributed by atoms with van der Waals surface area (Å²) in [6.07, 6.45) is 14.0. The van der Waals surface area contributed by atoms with Gasteiger partial charge in [0, 0.05) is 0 Å². The third-order valence-corrected chi connectivity index (χ3v) is 12.9. The van der Waals surface area contributed by atoms with Gasteiger partial charge >= 0.3 is 217 Å². The molecule has 35 heavy (non-hydrogen) atoms. The quantitative estimate of drug-likeness (QED) is 0.185. The van der Waals surface area contributed by atoms with Crippen molar-refractivity contribution in [3.05, 3.63) is 154 Å². The molecule has 0 saturated carbocycles. The minimum absolute atomic E-state index is 0.997. The van der Waals surface area contributed by atoms with Crippen LogP contribution in [0.25, 0.3) is 0 Å². The molecule has 1 aliphatic rings. The van der Waals surface area contributed by atoms with E-state index < -0.39 is 17.3 Å². The van der Waals surface area contributed by atoms with E-state index in [-0.39, 0.29) is 0 Å². The zero-order valence-electron chi connectivity index (χ0n) is 20.2. The monoisotopic (exact) mass is 636 g/mol. The van der Waals surface area contributed by atoms with Crippen molar-refractivity contribution in [2.24, 2.45) is 0 Å². The molecule has 0 saturated heterocycles. The Bertz CT molecular complexity index is 1170. The Hall–Kier alpha value is -2.95. The van der Waals surface area contributed by atoms with Crippen molar-refractivity contribution in [1.29, 1.82) is 0 Å². The molecule has 4 aromatic carbocycles. The molecule has 0 fully saturated rings. The topological polar surface area (TPSA) is 0 Å². The Labute approximate surface area is 216 Å². The van der Waals surface area contributed by atoms with E-state index in [0.29, 0.717) is 0 Å². The molecule has 0 nitrogen and oxygen atoms in total. The Morgan fingerprint density at radius 1 is 0.457 bits per heavy atom. The third-order valence-electron chi connectivity index (χ3n) is 6.24. The van der Waals surface area contributed by atoms with E-state index in [1.54, 1.807) is 11.9 Å². The van der Waals surface area contributed by atoms with Crippen molar-refractivity contribution in [3.63, 3.8) is 0 Å². The Balaban J connectivity index is 1.42. The molecule has 5 rings (SSSR count). The standard InChI is InChI=1S/2C13H11.C8H11.Pt/c2*1-3-7-12(8-4-1)11-13-9-5-2-6-10-13;1-2-4-6-8-7-5-3-1;/h2*1,3-10H,11H2;1-2,7H,3-6H2;. The summed E-state index contributed by atoms with van der Waals surface area (Å²) in [6.45, 7) is 0. The molecule has 179 valence electrons. The molecule has 0 N–H and O–H groups in total. The summed E-state index contributed by atoms with van der Waals surface area (Å²) in [5.41, 5.74) is 5.53. The Morgan fingerprint density at radius 3 is 1.43 bits per heavy atom. The maximum absolute atomic E-state index is 2.57. The van der Waals surface area contributed by atoms with Gasteiger partial charge < -0.3 is 0 Å². The number of hydrogen-bond acceptors (Lipinski definition) is 0. The first-order valence-corrected chi connectivity index (χ1v) is 16.0. The fourth-order valence-corrected chi connectivity index (χ4v) is 10.8. The van der Waals surface area contributed by atoms with E-state index >= 15 is 0 Å². The molecule has 1 aliphatic carbocycles. The molecule has 0 aliphatic heterocycles. The van der Waals surface area contributed by atoms with E-state index in [1.165, 1.54) is 35.1 Å². The molecule has 4 aromatic rings. The van der Waals surface area contributed by atoms with Crippen LogP contribution in [0.2, 0.25) is 0 Å². The van der Waals surface area contributed by atoms with Crippen LogP contribution in [0, 0.1) is 0 Å². The van der Waals surface area contributed by atoms with Gasteiger partial charge in [-0.3, -0.25) is 0 Å². The Kier molecular flexibility index (Phi) is 8.25. The molecule has 0 bridgehead atoms. The summed E-state index contributed by atoms with van der Waals surface area (Å²) in [7, 11) is 0. The van der Waals surface area contributed by atoms with Gasteiger partial charge in [0.2, 0.25) is 0 Å². The summed E-state index contributed by atoms with van der Waals surface area (Å²) >= 11 is -1.70. The van der Waals surface area contributed by atoms with E-state index in [4.69, 9.17) is 0 Å². The van der Waals surface area contributed by atoms with Crippen LogP contribution in [0.4, 0.5) is 0 Å². The predicted octanol–water partition coefficient (Wildman–Crippen LogP) is 7.45. The molecule has 0 unspecified atom stereocenters. The number of allylic oxidation sites excluding steroid dienone is 4. The molecule has 0 aromatic heterocycles. The molecule has 0 spiro atoms. The van der Waals surface area contributed by atoms with Gasteiger partial charge in [0.05, 0.1) is 0 Å². The summed E-state index contributed by atoms with van der Waals surface area (Å²) in [5, 5.41) is 0.